The van der Waals surface area contributed by atoms with E-state index in [0.29, 0.717) is 22.8 Å². The molecule has 126 valence electrons. The van der Waals surface area contributed by atoms with Crippen molar-refractivity contribution in [3.8, 4) is 0 Å². The molecule has 0 radical (unpaired) electrons. The third-order valence-electron chi connectivity index (χ3n) is 3.60. The predicted octanol–water partition coefficient (Wildman–Crippen LogP) is 2.73. The summed E-state index contributed by atoms with van der Waals surface area (Å²) in [7, 11) is 4.00. The van der Waals surface area contributed by atoms with Gasteiger partial charge in [0.25, 0.3) is 0 Å². The molecule has 0 aliphatic rings. The summed E-state index contributed by atoms with van der Waals surface area (Å²) in [5.74, 6) is 0.799. The molecule has 0 fully saturated rings. The van der Waals surface area contributed by atoms with Crippen LogP contribution < -0.4 is 10.6 Å². The van der Waals surface area contributed by atoms with Gasteiger partial charge in [0.05, 0.1) is 11.6 Å². The van der Waals surface area contributed by atoms with Crippen LogP contribution in [0.25, 0.3) is 0 Å². The summed E-state index contributed by atoms with van der Waals surface area (Å²) < 4.78 is 1.85. The Bertz CT molecular complexity index is 496. The van der Waals surface area contributed by atoms with E-state index in [2.05, 4.69) is 41.4 Å². The second-order valence-corrected chi connectivity index (χ2v) is 6.29. The zero-order valence-corrected chi connectivity index (χ0v) is 15.6. The average molecular weight is 348 g/mol. The zero-order valence-electron chi connectivity index (χ0n) is 14.1. The second-order valence-electron chi connectivity index (χ2n) is 5.53. The Labute approximate surface area is 143 Å². The summed E-state index contributed by atoms with van der Waals surface area (Å²) >= 11 is 12.1. The summed E-state index contributed by atoms with van der Waals surface area (Å²) in [6, 6.07) is 2.39. The minimum Gasteiger partial charge on any atom is -0.357 e. The van der Waals surface area contributed by atoms with Gasteiger partial charge in [0, 0.05) is 38.4 Å². The molecule has 0 spiro atoms. The predicted molar refractivity (Wildman–Crippen MR) is 96.0 cm³/mol. The highest BCUT2D eigenvalue weighted by Crippen LogP contribution is 2.25. The molecule has 0 aliphatic heterocycles. The van der Waals surface area contributed by atoms with Crippen molar-refractivity contribution in [2.45, 2.75) is 33.4 Å². The Kier molecular flexibility index (Phi) is 8.07. The van der Waals surface area contributed by atoms with Crippen LogP contribution in [0.2, 0.25) is 10.2 Å². The Balaban J connectivity index is 2.60. The van der Waals surface area contributed by atoms with Crippen LogP contribution in [0, 0.1) is 0 Å². The molecule has 0 saturated carbocycles. The number of aliphatic imine (C=N–C) groups is 1. The van der Waals surface area contributed by atoms with Crippen molar-refractivity contribution in [3.63, 3.8) is 0 Å². The van der Waals surface area contributed by atoms with Crippen molar-refractivity contribution in [2.75, 3.05) is 26.7 Å². The molecule has 1 aromatic rings. The summed E-state index contributed by atoms with van der Waals surface area (Å²) in [4.78, 5) is 6.86. The van der Waals surface area contributed by atoms with E-state index in [1.165, 1.54) is 0 Å². The lowest BCUT2D eigenvalue weighted by atomic mass is 10.3. The lowest BCUT2D eigenvalue weighted by Crippen LogP contribution is -2.42. The molecule has 22 heavy (non-hydrogen) atoms. The third-order valence-corrected chi connectivity index (χ3v) is 4.44. The van der Waals surface area contributed by atoms with Gasteiger partial charge in [-0.3, -0.25) is 0 Å². The Hall–Kier alpha value is -0.910. The summed E-state index contributed by atoms with van der Waals surface area (Å²) in [5.41, 5.74) is 0.978. The number of halogens is 2. The minimum absolute atomic E-state index is 0.526. The molecule has 0 atom stereocenters. The number of nitrogens with one attached hydrogen (secondary N) is 2. The first-order valence-electron chi connectivity index (χ1n) is 7.58. The van der Waals surface area contributed by atoms with Gasteiger partial charge in [-0.25, -0.2) is 4.99 Å². The van der Waals surface area contributed by atoms with Crippen LogP contribution in [0.4, 0.5) is 0 Å². The average Bonchev–Trinajstić information content (AvgIpc) is 2.71. The van der Waals surface area contributed by atoms with Crippen LogP contribution in [-0.2, 0) is 13.6 Å². The van der Waals surface area contributed by atoms with Crippen LogP contribution >= 0.6 is 23.2 Å². The van der Waals surface area contributed by atoms with Gasteiger partial charge in [-0.15, -0.1) is 0 Å². The number of rotatable bonds is 7. The normalized spacial score (nSPS) is 12.3. The van der Waals surface area contributed by atoms with Gasteiger partial charge in [-0.1, -0.05) is 23.2 Å². The van der Waals surface area contributed by atoms with Crippen molar-refractivity contribution < 1.29 is 0 Å². The highest BCUT2D eigenvalue weighted by atomic mass is 35.5. The van der Waals surface area contributed by atoms with Crippen LogP contribution in [0.1, 0.15) is 26.5 Å². The van der Waals surface area contributed by atoms with E-state index in [-0.39, 0.29) is 0 Å². The molecule has 0 saturated heterocycles. The number of guanidine groups is 1. The van der Waals surface area contributed by atoms with Gasteiger partial charge >= 0.3 is 0 Å². The zero-order chi connectivity index (χ0) is 16.7. The van der Waals surface area contributed by atoms with Gasteiger partial charge in [0.1, 0.15) is 5.15 Å². The fourth-order valence-electron chi connectivity index (χ4n) is 1.85. The molecule has 1 aromatic heterocycles. The Morgan fingerprint density at radius 3 is 2.55 bits per heavy atom. The maximum Gasteiger partial charge on any atom is 0.191 e. The first-order valence-corrected chi connectivity index (χ1v) is 8.34. The fourth-order valence-corrected chi connectivity index (χ4v) is 2.27. The molecule has 0 unspecified atom stereocenters. The first-order chi connectivity index (χ1) is 10.4. The molecule has 1 heterocycles. The topological polar surface area (TPSA) is 44.6 Å². The summed E-state index contributed by atoms with van der Waals surface area (Å²) in [5, 5.41) is 7.69. The fraction of sp³-hybridized carbons (Fsp3) is 0.667. The van der Waals surface area contributed by atoms with E-state index in [4.69, 9.17) is 23.2 Å². The van der Waals surface area contributed by atoms with E-state index in [9.17, 15) is 0 Å². The molecule has 1 rings (SSSR count). The number of nitrogens with zero attached hydrogens (tertiary/aromatic N) is 3. The van der Waals surface area contributed by atoms with Gasteiger partial charge in [-0.05, 0) is 33.9 Å². The van der Waals surface area contributed by atoms with Crippen molar-refractivity contribution in [3.05, 3.63) is 21.9 Å². The Morgan fingerprint density at radius 2 is 2.05 bits per heavy atom. The van der Waals surface area contributed by atoms with E-state index in [1.807, 2.05) is 24.6 Å². The summed E-state index contributed by atoms with van der Waals surface area (Å²) in [6.07, 6.45) is 0. The molecule has 0 amide bonds. The van der Waals surface area contributed by atoms with E-state index in [0.717, 1.165) is 31.3 Å². The van der Waals surface area contributed by atoms with Crippen molar-refractivity contribution in [2.24, 2.45) is 12.0 Å². The van der Waals surface area contributed by atoms with Crippen LogP contribution in [-0.4, -0.2) is 48.2 Å². The smallest absolute Gasteiger partial charge is 0.191 e. The lowest BCUT2D eigenvalue weighted by molar-refractivity contribution is 0.278. The largest absolute Gasteiger partial charge is 0.357 e. The van der Waals surface area contributed by atoms with Gasteiger partial charge < -0.3 is 20.1 Å². The van der Waals surface area contributed by atoms with Gasteiger partial charge in [0.2, 0.25) is 0 Å². The highest BCUT2D eigenvalue weighted by Gasteiger charge is 2.09. The minimum atomic E-state index is 0.526. The molecule has 0 aliphatic carbocycles. The Morgan fingerprint density at radius 1 is 1.36 bits per heavy atom. The van der Waals surface area contributed by atoms with Crippen molar-refractivity contribution in [1.82, 2.24) is 20.1 Å². The molecule has 2 N–H and O–H groups in total. The van der Waals surface area contributed by atoms with E-state index >= 15 is 0 Å². The van der Waals surface area contributed by atoms with Crippen molar-refractivity contribution >= 4 is 29.2 Å². The second kappa shape index (κ2) is 9.28. The van der Waals surface area contributed by atoms with E-state index in [1.54, 1.807) is 0 Å². The number of aromatic nitrogens is 1. The van der Waals surface area contributed by atoms with Gasteiger partial charge in [0.15, 0.2) is 5.96 Å². The number of hydrogen-bond donors (Lipinski definition) is 2. The lowest BCUT2D eigenvalue weighted by Gasteiger charge is -2.21. The standard InChI is InChI=1S/C15H27Cl2N5/c1-6-18-15(19-7-8-21(4)11(2)3)20-10-12-9-13(16)14(17)22(12)5/h9,11H,6-8,10H2,1-5H3,(H2,18,19,20). The monoisotopic (exact) mass is 347 g/mol. The van der Waals surface area contributed by atoms with E-state index < -0.39 is 0 Å². The van der Waals surface area contributed by atoms with Crippen LogP contribution in [0.15, 0.2) is 11.1 Å². The SMILES string of the molecule is CCNC(=NCc1cc(Cl)c(Cl)n1C)NCCN(C)C(C)C. The number of hydrogen-bond acceptors (Lipinski definition) is 2. The van der Waals surface area contributed by atoms with Crippen molar-refractivity contribution in [1.29, 1.82) is 0 Å². The molecular weight excluding hydrogens is 321 g/mol. The molecule has 5 nitrogen and oxygen atoms in total. The maximum atomic E-state index is 6.07. The molecule has 0 aromatic carbocycles. The van der Waals surface area contributed by atoms with Crippen LogP contribution in [0.3, 0.4) is 0 Å². The summed E-state index contributed by atoms with van der Waals surface area (Å²) in [6.45, 7) is 9.57. The highest BCUT2D eigenvalue weighted by molar-refractivity contribution is 6.41. The van der Waals surface area contributed by atoms with Gasteiger partial charge in [-0.2, -0.15) is 0 Å². The molecule has 0 bridgehead atoms. The van der Waals surface area contributed by atoms with Crippen LogP contribution in [0.5, 0.6) is 0 Å². The molecular formula is C15H27Cl2N5. The molecule has 7 heteroatoms. The quantitative estimate of drug-likeness (QED) is 0.588. The number of likely N-dealkylation sites (N-methyl/N-ethyl adjacent to an activating group) is 1. The third kappa shape index (κ3) is 5.71. The first kappa shape index (κ1) is 19.1. The maximum absolute atomic E-state index is 6.07.